The van der Waals surface area contributed by atoms with Crippen LogP contribution in [0.15, 0.2) is 48.5 Å². The van der Waals surface area contributed by atoms with E-state index in [1.807, 2.05) is 30.3 Å². The van der Waals surface area contributed by atoms with Crippen molar-refractivity contribution in [3.63, 3.8) is 0 Å². The number of hydrogen-bond donors (Lipinski definition) is 2. The molecular weight excluding hydrogens is 255 g/mol. The van der Waals surface area contributed by atoms with Crippen molar-refractivity contribution in [3.05, 3.63) is 65.5 Å². The van der Waals surface area contributed by atoms with Crippen LogP contribution in [0.5, 0.6) is 0 Å². The lowest BCUT2D eigenvalue weighted by Gasteiger charge is -2.14. The van der Waals surface area contributed by atoms with Crippen molar-refractivity contribution in [3.8, 4) is 0 Å². The number of nitrogens with two attached hydrogens (primary N) is 1. The zero-order valence-corrected chi connectivity index (χ0v) is 11.3. The van der Waals surface area contributed by atoms with E-state index in [1.165, 1.54) is 12.1 Å². The topological polar surface area (TPSA) is 55.1 Å². The van der Waals surface area contributed by atoms with Gasteiger partial charge in [-0.1, -0.05) is 36.4 Å². The van der Waals surface area contributed by atoms with Gasteiger partial charge in [0.1, 0.15) is 5.82 Å². The number of halogens is 1. The van der Waals surface area contributed by atoms with Crippen LogP contribution < -0.4 is 11.1 Å². The highest BCUT2D eigenvalue weighted by Gasteiger charge is 2.15. The molecule has 0 radical (unpaired) electrons. The molecule has 0 aromatic heterocycles. The molecule has 0 bridgehead atoms. The third kappa shape index (κ3) is 3.65. The molecule has 0 saturated carbocycles. The number of nitrogens with one attached hydrogen (secondary N) is 1. The van der Waals surface area contributed by atoms with Gasteiger partial charge in [0, 0.05) is 5.69 Å². The molecule has 0 spiro atoms. The predicted molar refractivity (Wildman–Crippen MR) is 77.9 cm³/mol. The Morgan fingerprint density at radius 1 is 1.25 bits per heavy atom. The van der Waals surface area contributed by atoms with Crippen molar-refractivity contribution in [2.45, 2.75) is 19.4 Å². The largest absolute Gasteiger partial charge is 0.324 e. The van der Waals surface area contributed by atoms with Crippen molar-refractivity contribution in [1.29, 1.82) is 0 Å². The minimum atomic E-state index is -0.667. The fourth-order valence-corrected chi connectivity index (χ4v) is 1.92. The molecular formula is C16H17FN2O. The zero-order chi connectivity index (χ0) is 14.5. The number of carbonyl (C=O) groups is 1. The van der Waals surface area contributed by atoms with Crippen LogP contribution in [0.4, 0.5) is 10.1 Å². The Bertz CT molecular complexity index is 599. The van der Waals surface area contributed by atoms with Gasteiger partial charge < -0.3 is 11.1 Å². The van der Waals surface area contributed by atoms with E-state index < -0.39 is 6.04 Å². The summed E-state index contributed by atoms with van der Waals surface area (Å²) in [6.07, 6.45) is 0.445. The van der Waals surface area contributed by atoms with E-state index in [9.17, 15) is 9.18 Å². The molecule has 4 heteroatoms. The van der Waals surface area contributed by atoms with Crippen molar-refractivity contribution < 1.29 is 9.18 Å². The van der Waals surface area contributed by atoms with E-state index in [1.54, 1.807) is 13.0 Å². The molecule has 0 fully saturated rings. The third-order valence-corrected chi connectivity index (χ3v) is 3.09. The SMILES string of the molecule is Cc1ccc(F)cc1NC(=O)C(N)Cc1ccccc1. The van der Waals surface area contributed by atoms with Crippen molar-refractivity contribution in [2.75, 3.05) is 5.32 Å². The average Bonchev–Trinajstić information content (AvgIpc) is 2.44. The summed E-state index contributed by atoms with van der Waals surface area (Å²) < 4.78 is 13.2. The second-order valence-corrected chi connectivity index (χ2v) is 4.74. The van der Waals surface area contributed by atoms with Crippen LogP contribution in [-0.4, -0.2) is 11.9 Å². The Labute approximate surface area is 117 Å². The number of anilines is 1. The zero-order valence-electron chi connectivity index (χ0n) is 11.3. The molecule has 20 heavy (non-hydrogen) atoms. The van der Waals surface area contributed by atoms with Gasteiger partial charge in [-0.25, -0.2) is 4.39 Å². The normalized spacial score (nSPS) is 11.9. The molecule has 3 nitrogen and oxygen atoms in total. The number of aryl methyl sites for hydroxylation is 1. The summed E-state index contributed by atoms with van der Waals surface area (Å²) in [7, 11) is 0. The van der Waals surface area contributed by atoms with Gasteiger partial charge in [0.2, 0.25) is 5.91 Å². The first kappa shape index (κ1) is 14.2. The molecule has 0 aliphatic carbocycles. The second kappa shape index (κ2) is 6.30. The minimum Gasteiger partial charge on any atom is -0.324 e. The maximum absolute atomic E-state index is 13.2. The number of rotatable bonds is 4. The summed E-state index contributed by atoms with van der Waals surface area (Å²) in [5, 5.41) is 2.67. The Balaban J connectivity index is 2.02. The Kier molecular flexibility index (Phi) is 4.48. The standard InChI is InChI=1S/C16H17FN2O/c1-11-7-8-13(17)10-15(11)19-16(20)14(18)9-12-5-3-2-4-6-12/h2-8,10,14H,9,18H2,1H3,(H,19,20). The monoisotopic (exact) mass is 272 g/mol. The molecule has 0 heterocycles. The van der Waals surface area contributed by atoms with Gasteiger partial charge in [-0.2, -0.15) is 0 Å². The summed E-state index contributed by atoms with van der Waals surface area (Å²) in [5.41, 5.74) is 8.13. The molecule has 104 valence electrons. The van der Waals surface area contributed by atoms with E-state index in [0.29, 0.717) is 12.1 Å². The van der Waals surface area contributed by atoms with Crippen LogP contribution in [-0.2, 0) is 11.2 Å². The summed E-state index contributed by atoms with van der Waals surface area (Å²) in [6.45, 7) is 1.80. The Morgan fingerprint density at radius 3 is 2.65 bits per heavy atom. The van der Waals surface area contributed by atoms with Crippen LogP contribution >= 0.6 is 0 Å². The van der Waals surface area contributed by atoms with Crippen LogP contribution in [0, 0.1) is 12.7 Å². The molecule has 2 aromatic rings. The van der Waals surface area contributed by atoms with Crippen LogP contribution in [0.2, 0.25) is 0 Å². The van der Waals surface area contributed by atoms with Crippen molar-refractivity contribution in [2.24, 2.45) is 5.73 Å². The number of hydrogen-bond acceptors (Lipinski definition) is 2. The summed E-state index contributed by atoms with van der Waals surface area (Å²) in [5.74, 6) is -0.704. The van der Waals surface area contributed by atoms with E-state index >= 15 is 0 Å². The summed E-state index contributed by atoms with van der Waals surface area (Å²) in [6, 6.07) is 13.1. The minimum absolute atomic E-state index is 0.317. The first-order chi connectivity index (χ1) is 9.56. The Hall–Kier alpha value is -2.20. The number of amides is 1. The fraction of sp³-hybridized carbons (Fsp3) is 0.188. The third-order valence-electron chi connectivity index (χ3n) is 3.09. The predicted octanol–water partition coefficient (Wildman–Crippen LogP) is 2.64. The van der Waals surface area contributed by atoms with Crippen molar-refractivity contribution in [1.82, 2.24) is 0 Å². The molecule has 1 unspecified atom stereocenters. The van der Waals surface area contributed by atoms with Gasteiger partial charge in [0.05, 0.1) is 6.04 Å². The second-order valence-electron chi connectivity index (χ2n) is 4.74. The maximum Gasteiger partial charge on any atom is 0.241 e. The summed E-state index contributed by atoms with van der Waals surface area (Å²) >= 11 is 0. The van der Waals surface area contributed by atoms with Crippen LogP contribution in [0.1, 0.15) is 11.1 Å². The van der Waals surface area contributed by atoms with Gasteiger partial charge in [-0.15, -0.1) is 0 Å². The van der Waals surface area contributed by atoms with Crippen LogP contribution in [0.25, 0.3) is 0 Å². The molecule has 0 saturated heterocycles. The molecule has 0 aliphatic rings. The van der Waals surface area contributed by atoms with Gasteiger partial charge in [-0.3, -0.25) is 4.79 Å². The molecule has 2 aromatic carbocycles. The number of carbonyl (C=O) groups excluding carboxylic acids is 1. The number of benzene rings is 2. The van der Waals surface area contributed by atoms with Crippen LogP contribution in [0.3, 0.4) is 0 Å². The molecule has 0 aliphatic heterocycles. The highest BCUT2D eigenvalue weighted by molar-refractivity contribution is 5.95. The smallest absolute Gasteiger partial charge is 0.241 e. The molecule has 1 atom stereocenters. The lowest BCUT2D eigenvalue weighted by Crippen LogP contribution is -2.37. The van der Waals surface area contributed by atoms with E-state index in [4.69, 9.17) is 5.73 Å². The average molecular weight is 272 g/mol. The molecule has 1 amide bonds. The lowest BCUT2D eigenvalue weighted by atomic mass is 10.1. The Morgan fingerprint density at radius 2 is 1.95 bits per heavy atom. The summed E-state index contributed by atoms with van der Waals surface area (Å²) in [4.78, 5) is 12.0. The van der Waals surface area contributed by atoms with Gasteiger partial charge >= 0.3 is 0 Å². The highest BCUT2D eigenvalue weighted by atomic mass is 19.1. The van der Waals surface area contributed by atoms with E-state index in [0.717, 1.165) is 11.1 Å². The molecule has 3 N–H and O–H groups in total. The maximum atomic E-state index is 13.2. The van der Waals surface area contributed by atoms with Gasteiger partial charge in [0.15, 0.2) is 0 Å². The quantitative estimate of drug-likeness (QED) is 0.899. The first-order valence-corrected chi connectivity index (χ1v) is 6.43. The van der Waals surface area contributed by atoms with Gasteiger partial charge in [-0.05, 0) is 36.6 Å². The molecule has 2 rings (SSSR count). The van der Waals surface area contributed by atoms with E-state index in [2.05, 4.69) is 5.32 Å². The lowest BCUT2D eigenvalue weighted by molar-refractivity contribution is -0.117. The van der Waals surface area contributed by atoms with E-state index in [-0.39, 0.29) is 11.7 Å². The fourth-order valence-electron chi connectivity index (χ4n) is 1.92. The highest BCUT2D eigenvalue weighted by Crippen LogP contribution is 2.16. The first-order valence-electron chi connectivity index (χ1n) is 6.43. The van der Waals surface area contributed by atoms with Crippen molar-refractivity contribution >= 4 is 11.6 Å². The van der Waals surface area contributed by atoms with Gasteiger partial charge in [0.25, 0.3) is 0 Å².